The molecule has 2 aromatic rings. The third-order valence-corrected chi connectivity index (χ3v) is 3.85. The maximum absolute atomic E-state index is 12.7. The zero-order valence-electron chi connectivity index (χ0n) is 13.6. The minimum absolute atomic E-state index is 0.128. The number of rotatable bonds is 6. The quantitative estimate of drug-likeness (QED) is 0.623. The molecule has 0 atom stereocenters. The molecule has 7 heteroatoms. The summed E-state index contributed by atoms with van der Waals surface area (Å²) in [6.45, 7) is 3.25. The lowest BCUT2D eigenvalue weighted by Crippen LogP contribution is -2.32. The third kappa shape index (κ3) is 4.00. The van der Waals surface area contributed by atoms with Gasteiger partial charge in [0.25, 0.3) is 5.56 Å². The number of nitrogens with one attached hydrogen (secondary N) is 2. The number of nitrogens with zero attached hydrogens (tertiary/aromatic N) is 2. The van der Waals surface area contributed by atoms with Crippen molar-refractivity contribution in [2.75, 3.05) is 25.6 Å². The Kier molecular flexibility index (Phi) is 5.95. The van der Waals surface area contributed by atoms with Crippen molar-refractivity contribution in [3.63, 3.8) is 0 Å². The molecule has 23 heavy (non-hydrogen) atoms. The van der Waals surface area contributed by atoms with E-state index < -0.39 is 0 Å². The van der Waals surface area contributed by atoms with E-state index >= 15 is 0 Å². The SMILES string of the molecule is COCCCNC(=S)Nc1c(C)n(C)n(-c2ccccc2)c1=O. The molecule has 2 N–H and O–H groups in total. The zero-order chi connectivity index (χ0) is 16.8. The second-order valence-corrected chi connectivity index (χ2v) is 5.57. The largest absolute Gasteiger partial charge is 0.385 e. The van der Waals surface area contributed by atoms with Gasteiger partial charge < -0.3 is 15.4 Å². The van der Waals surface area contributed by atoms with Gasteiger partial charge in [-0.3, -0.25) is 9.48 Å². The molecule has 6 nitrogen and oxygen atoms in total. The van der Waals surface area contributed by atoms with E-state index in [1.807, 2.05) is 49.0 Å². The summed E-state index contributed by atoms with van der Waals surface area (Å²) in [6.07, 6.45) is 0.848. The second kappa shape index (κ2) is 7.94. The van der Waals surface area contributed by atoms with Crippen molar-refractivity contribution < 1.29 is 4.74 Å². The van der Waals surface area contributed by atoms with Gasteiger partial charge in [-0.1, -0.05) is 18.2 Å². The number of methoxy groups -OCH3 is 1. The molecule has 0 aliphatic carbocycles. The van der Waals surface area contributed by atoms with Crippen LogP contribution in [0.1, 0.15) is 12.1 Å². The Hall–Kier alpha value is -2.12. The van der Waals surface area contributed by atoms with E-state index in [4.69, 9.17) is 17.0 Å². The summed E-state index contributed by atoms with van der Waals surface area (Å²) in [5, 5.41) is 6.52. The molecular weight excluding hydrogens is 312 g/mol. The predicted octanol–water partition coefficient (Wildman–Crippen LogP) is 1.81. The van der Waals surface area contributed by atoms with Gasteiger partial charge in [-0.15, -0.1) is 0 Å². The topological polar surface area (TPSA) is 60.2 Å². The predicted molar refractivity (Wildman–Crippen MR) is 96.5 cm³/mol. The second-order valence-electron chi connectivity index (χ2n) is 5.16. The molecule has 0 amide bonds. The maximum Gasteiger partial charge on any atom is 0.295 e. The first-order valence-electron chi connectivity index (χ1n) is 7.44. The fourth-order valence-corrected chi connectivity index (χ4v) is 2.49. The molecule has 0 saturated carbocycles. The van der Waals surface area contributed by atoms with Gasteiger partial charge in [0.1, 0.15) is 5.69 Å². The summed E-state index contributed by atoms with van der Waals surface area (Å²) in [7, 11) is 3.51. The number of anilines is 1. The van der Waals surface area contributed by atoms with Gasteiger partial charge in [0.2, 0.25) is 0 Å². The van der Waals surface area contributed by atoms with Gasteiger partial charge in [-0.05, 0) is 37.7 Å². The van der Waals surface area contributed by atoms with Crippen molar-refractivity contribution in [1.82, 2.24) is 14.7 Å². The molecule has 0 fully saturated rings. The van der Waals surface area contributed by atoms with Crippen LogP contribution in [0.5, 0.6) is 0 Å². The van der Waals surface area contributed by atoms with Gasteiger partial charge in [-0.25, -0.2) is 4.68 Å². The lowest BCUT2D eigenvalue weighted by molar-refractivity contribution is 0.196. The van der Waals surface area contributed by atoms with Gasteiger partial charge in [0.15, 0.2) is 5.11 Å². The number of hydrogen-bond acceptors (Lipinski definition) is 3. The summed E-state index contributed by atoms with van der Waals surface area (Å²) in [6, 6.07) is 9.51. The molecule has 0 radical (unpaired) electrons. The maximum atomic E-state index is 12.7. The van der Waals surface area contributed by atoms with Crippen LogP contribution in [-0.2, 0) is 11.8 Å². The van der Waals surface area contributed by atoms with Crippen LogP contribution in [-0.4, -0.2) is 34.7 Å². The Morgan fingerprint density at radius 3 is 2.65 bits per heavy atom. The van der Waals surface area contributed by atoms with Crippen LogP contribution in [0.3, 0.4) is 0 Å². The molecule has 2 rings (SSSR count). The summed E-state index contributed by atoms with van der Waals surface area (Å²) in [5.41, 5.74) is 1.99. The average molecular weight is 334 g/mol. The normalized spacial score (nSPS) is 10.6. The molecule has 0 bridgehead atoms. The molecule has 0 spiro atoms. The van der Waals surface area contributed by atoms with Crippen LogP contribution < -0.4 is 16.2 Å². The highest BCUT2D eigenvalue weighted by Crippen LogP contribution is 2.13. The van der Waals surface area contributed by atoms with Crippen molar-refractivity contribution in [3.05, 3.63) is 46.4 Å². The van der Waals surface area contributed by atoms with E-state index in [1.165, 1.54) is 0 Å². The van der Waals surface area contributed by atoms with Crippen LogP contribution in [0.15, 0.2) is 35.1 Å². The van der Waals surface area contributed by atoms with E-state index in [2.05, 4.69) is 10.6 Å². The van der Waals surface area contributed by atoms with Gasteiger partial charge in [0.05, 0.1) is 11.4 Å². The average Bonchev–Trinajstić information content (AvgIpc) is 2.76. The van der Waals surface area contributed by atoms with Crippen LogP contribution in [0.4, 0.5) is 5.69 Å². The zero-order valence-corrected chi connectivity index (χ0v) is 14.4. The first-order chi connectivity index (χ1) is 11.1. The Labute approximate surface area is 141 Å². The van der Waals surface area contributed by atoms with E-state index in [1.54, 1.807) is 11.8 Å². The molecule has 0 aliphatic rings. The number of hydrogen-bond donors (Lipinski definition) is 2. The standard InChI is InChI=1S/C16H22N4O2S/c1-12-14(18-16(23)17-10-7-11-22-3)15(21)20(19(12)2)13-8-5-4-6-9-13/h4-6,8-9H,7,10-11H2,1-3H3,(H2,17,18,23). The fourth-order valence-electron chi connectivity index (χ4n) is 2.29. The number of aromatic nitrogens is 2. The molecule has 0 aliphatic heterocycles. The fraction of sp³-hybridized carbons (Fsp3) is 0.375. The highest BCUT2D eigenvalue weighted by atomic mass is 32.1. The Morgan fingerprint density at radius 1 is 1.30 bits per heavy atom. The molecular formula is C16H22N4O2S. The highest BCUT2D eigenvalue weighted by Gasteiger charge is 2.16. The van der Waals surface area contributed by atoms with Crippen molar-refractivity contribution in [2.24, 2.45) is 7.05 Å². The van der Waals surface area contributed by atoms with Crippen LogP contribution in [0.2, 0.25) is 0 Å². The van der Waals surface area contributed by atoms with E-state index in [0.29, 0.717) is 24.0 Å². The van der Waals surface area contributed by atoms with Crippen molar-refractivity contribution in [1.29, 1.82) is 0 Å². The number of thiocarbonyl (C=S) groups is 1. The molecule has 124 valence electrons. The number of benzene rings is 1. The number of para-hydroxylation sites is 1. The Balaban J connectivity index is 2.18. The molecule has 0 unspecified atom stereocenters. The van der Waals surface area contributed by atoms with Crippen LogP contribution in [0.25, 0.3) is 5.69 Å². The summed E-state index contributed by atoms with van der Waals surface area (Å²) in [5.74, 6) is 0. The van der Waals surface area contributed by atoms with Crippen molar-refractivity contribution in [2.45, 2.75) is 13.3 Å². The monoisotopic (exact) mass is 334 g/mol. The van der Waals surface area contributed by atoms with Crippen molar-refractivity contribution >= 4 is 23.0 Å². The number of ether oxygens (including phenoxy) is 1. The molecule has 1 aromatic carbocycles. The van der Waals surface area contributed by atoms with Gasteiger partial charge in [-0.2, -0.15) is 0 Å². The lowest BCUT2D eigenvalue weighted by Gasteiger charge is -2.09. The Bertz CT molecular complexity index is 722. The minimum Gasteiger partial charge on any atom is -0.385 e. The molecule has 1 heterocycles. The smallest absolute Gasteiger partial charge is 0.295 e. The first-order valence-corrected chi connectivity index (χ1v) is 7.85. The summed E-state index contributed by atoms with van der Waals surface area (Å²) in [4.78, 5) is 12.7. The third-order valence-electron chi connectivity index (χ3n) is 3.60. The minimum atomic E-state index is -0.128. The van der Waals surface area contributed by atoms with Crippen molar-refractivity contribution in [3.8, 4) is 5.69 Å². The van der Waals surface area contributed by atoms with Gasteiger partial charge in [0, 0.05) is 27.3 Å². The summed E-state index contributed by atoms with van der Waals surface area (Å²) < 4.78 is 8.42. The van der Waals surface area contributed by atoms with E-state index in [9.17, 15) is 4.79 Å². The molecule has 0 saturated heterocycles. The first kappa shape index (κ1) is 17.2. The molecule has 1 aromatic heterocycles. The lowest BCUT2D eigenvalue weighted by atomic mass is 10.3. The Morgan fingerprint density at radius 2 is 2.00 bits per heavy atom. The van der Waals surface area contributed by atoms with Gasteiger partial charge >= 0.3 is 0 Å². The highest BCUT2D eigenvalue weighted by molar-refractivity contribution is 7.80. The van der Waals surface area contributed by atoms with E-state index in [-0.39, 0.29) is 5.56 Å². The van der Waals surface area contributed by atoms with E-state index in [0.717, 1.165) is 17.8 Å². The van der Waals surface area contributed by atoms with Crippen LogP contribution in [0, 0.1) is 6.92 Å². The van der Waals surface area contributed by atoms with Crippen LogP contribution >= 0.6 is 12.2 Å². The summed E-state index contributed by atoms with van der Waals surface area (Å²) >= 11 is 5.25.